The molecule has 110 valence electrons. The first-order valence-electron chi connectivity index (χ1n) is 7.51. The van der Waals surface area contributed by atoms with Crippen LogP contribution in [-0.4, -0.2) is 18.7 Å². The predicted molar refractivity (Wildman–Crippen MR) is 83.9 cm³/mol. The van der Waals surface area contributed by atoms with Crippen LogP contribution in [0.5, 0.6) is 5.75 Å². The van der Waals surface area contributed by atoms with Crippen LogP contribution >= 0.6 is 23.2 Å². The molecule has 1 spiro atoms. The predicted octanol–water partition coefficient (Wildman–Crippen LogP) is 4.68. The summed E-state index contributed by atoms with van der Waals surface area (Å²) in [5, 5.41) is 4.83. The van der Waals surface area contributed by atoms with E-state index in [-0.39, 0.29) is 6.10 Å². The van der Waals surface area contributed by atoms with Crippen molar-refractivity contribution < 1.29 is 4.74 Å². The summed E-state index contributed by atoms with van der Waals surface area (Å²) in [6, 6.07) is 6.11. The fraction of sp³-hybridized carbons (Fsp3) is 0.625. The van der Waals surface area contributed by atoms with Gasteiger partial charge in [0, 0.05) is 17.9 Å². The standard InChI is InChI=1S/C16H21Cl2NO/c1-2-19-13-10-14(16(13)8-3-4-9-16)20-15-11(17)6-5-7-12(15)18/h5-7,13-14,19H,2-4,8-10H2,1H3. The van der Waals surface area contributed by atoms with Gasteiger partial charge in [-0.2, -0.15) is 0 Å². The smallest absolute Gasteiger partial charge is 0.156 e. The van der Waals surface area contributed by atoms with Crippen molar-refractivity contribution in [3.63, 3.8) is 0 Å². The molecule has 1 aromatic rings. The Kier molecular flexibility index (Phi) is 4.16. The van der Waals surface area contributed by atoms with E-state index in [1.54, 1.807) is 0 Å². The van der Waals surface area contributed by atoms with Crippen molar-refractivity contribution in [2.75, 3.05) is 6.54 Å². The molecule has 1 N–H and O–H groups in total. The highest BCUT2D eigenvalue weighted by Gasteiger charge is 2.57. The van der Waals surface area contributed by atoms with Crippen LogP contribution in [0.15, 0.2) is 18.2 Å². The van der Waals surface area contributed by atoms with Gasteiger partial charge in [-0.05, 0) is 31.5 Å². The molecule has 2 unspecified atom stereocenters. The molecule has 3 rings (SSSR count). The lowest BCUT2D eigenvalue weighted by Crippen LogP contribution is -2.63. The first-order chi connectivity index (χ1) is 9.67. The van der Waals surface area contributed by atoms with Crippen molar-refractivity contribution in [2.24, 2.45) is 5.41 Å². The van der Waals surface area contributed by atoms with E-state index in [2.05, 4.69) is 12.2 Å². The van der Waals surface area contributed by atoms with E-state index in [1.165, 1.54) is 25.7 Å². The van der Waals surface area contributed by atoms with E-state index >= 15 is 0 Å². The molecule has 2 aliphatic carbocycles. The SMILES string of the molecule is CCNC1CC(Oc2c(Cl)cccc2Cl)C12CCCC2. The quantitative estimate of drug-likeness (QED) is 0.871. The third kappa shape index (κ3) is 2.32. The van der Waals surface area contributed by atoms with E-state index in [4.69, 9.17) is 27.9 Å². The Morgan fingerprint density at radius 1 is 1.25 bits per heavy atom. The Bertz CT molecular complexity index is 465. The molecule has 4 heteroatoms. The van der Waals surface area contributed by atoms with Gasteiger partial charge in [0.1, 0.15) is 6.10 Å². The number of hydrogen-bond acceptors (Lipinski definition) is 2. The van der Waals surface area contributed by atoms with Crippen LogP contribution in [-0.2, 0) is 0 Å². The first-order valence-corrected chi connectivity index (χ1v) is 8.27. The lowest BCUT2D eigenvalue weighted by Gasteiger charge is -2.54. The van der Waals surface area contributed by atoms with E-state index in [9.17, 15) is 0 Å². The number of halogens is 2. The van der Waals surface area contributed by atoms with E-state index in [0.717, 1.165) is 13.0 Å². The summed E-state index contributed by atoms with van der Waals surface area (Å²) in [6.45, 7) is 3.19. The summed E-state index contributed by atoms with van der Waals surface area (Å²) >= 11 is 12.4. The van der Waals surface area contributed by atoms with E-state index < -0.39 is 0 Å². The largest absolute Gasteiger partial charge is 0.487 e. The summed E-state index contributed by atoms with van der Waals surface area (Å²) in [7, 11) is 0. The van der Waals surface area contributed by atoms with Crippen molar-refractivity contribution >= 4 is 23.2 Å². The van der Waals surface area contributed by atoms with Gasteiger partial charge in [-0.15, -0.1) is 0 Å². The topological polar surface area (TPSA) is 21.3 Å². The summed E-state index contributed by atoms with van der Waals surface area (Å²) in [6.07, 6.45) is 6.40. The molecule has 2 aliphatic rings. The number of benzene rings is 1. The molecular weight excluding hydrogens is 293 g/mol. The highest BCUT2D eigenvalue weighted by molar-refractivity contribution is 6.37. The molecule has 2 atom stereocenters. The molecular formula is C16H21Cl2NO. The molecule has 0 amide bonds. The van der Waals surface area contributed by atoms with Gasteiger partial charge in [-0.3, -0.25) is 0 Å². The van der Waals surface area contributed by atoms with Crippen molar-refractivity contribution in [1.82, 2.24) is 5.32 Å². The Labute approximate surface area is 130 Å². The first kappa shape index (κ1) is 14.5. The summed E-state index contributed by atoms with van der Waals surface area (Å²) in [4.78, 5) is 0. The van der Waals surface area contributed by atoms with Gasteiger partial charge >= 0.3 is 0 Å². The second-order valence-corrected chi connectivity index (χ2v) is 6.76. The van der Waals surface area contributed by atoms with Gasteiger partial charge in [0.05, 0.1) is 10.0 Å². The third-order valence-corrected chi connectivity index (χ3v) is 5.54. The normalized spacial score (nSPS) is 27.6. The van der Waals surface area contributed by atoms with Crippen LogP contribution in [0.1, 0.15) is 39.0 Å². The van der Waals surface area contributed by atoms with Crippen molar-refractivity contribution in [2.45, 2.75) is 51.2 Å². The maximum absolute atomic E-state index is 6.22. The zero-order valence-electron chi connectivity index (χ0n) is 11.8. The van der Waals surface area contributed by atoms with Gasteiger partial charge in [0.25, 0.3) is 0 Å². The molecule has 0 radical (unpaired) electrons. The van der Waals surface area contributed by atoms with Crippen LogP contribution in [0.25, 0.3) is 0 Å². The van der Waals surface area contributed by atoms with E-state index in [1.807, 2.05) is 18.2 Å². The van der Waals surface area contributed by atoms with Crippen molar-refractivity contribution in [1.29, 1.82) is 0 Å². The van der Waals surface area contributed by atoms with Crippen LogP contribution in [0.2, 0.25) is 10.0 Å². The number of para-hydroxylation sites is 1. The fourth-order valence-corrected chi connectivity index (χ4v) is 4.37. The minimum absolute atomic E-state index is 0.242. The Morgan fingerprint density at radius 2 is 1.90 bits per heavy atom. The zero-order chi connectivity index (χ0) is 14.2. The number of rotatable bonds is 4. The fourth-order valence-electron chi connectivity index (χ4n) is 3.89. The molecule has 2 saturated carbocycles. The maximum atomic E-state index is 6.22. The molecule has 2 fully saturated rings. The van der Waals surface area contributed by atoms with Gasteiger partial charge in [-0.25, -0.2) is 0 Å². The second kappa shape index (κ2) is 5.75. The van der Waals surface area contributed by atoms with Crippen LogP contribution in [0, 0.1) is 5.41 Å². The van der Waals surface area contributed by atoms with Crippen LogP contribution in [0.3, 0.4) is 0 Å². The number of hydrogen-bond donors (Lipinski definition) is 1. The molecule has 0 aliphatic heterocycles. The third-order valence-electron chi connectivity index (χ3n) is 4.95. The Balaban J connectivity index is 1.78. The summed E-state index contributed by atoms with van der Waals surface area (Å²) in [5.41, 5.74) is 0.290. The monoisotopic (exact) mass is 313 g/mol. The second-order valence-electron chi connectivity index (χ2n) is 5.94. The number of nitrogens with one attached hydrogen (secondary N) is 1. The molecule has 0 aromatic heterocycles. The van der Waals surface area contributed by atoms with Crippen LogP contribution in [0.4, 0.5) is 0 Å². The summed E-state index contributed by atoms with van der Waals surface area (Å²) < 4.78 is 6.22. The van der Waals surface area contributed by atoms with Gasteiger partial charge in [0.15, 0.2) is 5.75 Å². The minimum atomic E-state index is 0.242. The minimum Gasteiger partial charge on any atom is -0.487 e. The average Bonchev–Trinajstić information content (AvgIpc) is 2.93. The molecule has 0 saturated heterocycles. The lowest BCUT2D eigenvalue weighted by atomic mass is 9.60. The molecule has 0 heterocycles. The maximum Gasteiger partial charge on any atom is 0.156 e. The molecule has 2 nitrogen and oxygen atoms in total. The van der Waals surface area contributed by atoms with Crippen molar-refractivity contribution in [3.05, 3.63) is 28.2 Å². The summed E-state index contributed by atoms with van der Waals surface area (Å²) in [5.74, 6) is 0.655. The molecule has 20 heavy (non-hydrogen) atoms. The highest BCUT2D eigenvalue weighted by atomic mass is 35.5. The molecule has 0 bridgehead atoms. The Morgan fingerprint density at radius 3 is 2.50 bits per heavy atom. The van der Waals surface area contributed by atoms with Gasteiger partial charge in [0.2, 0.25) is 0 Å². The Hall–Kier alpha value is -0.440. The van der Waals surface area contributed by atoms with Gasteiger partial charge in [-0.1, -0.05) is 49.0 Å². The number of ether oxygens (including phenoxy) is 1. The van der Waals surface area contributed by atoms with E-state index in [0.29, 0.717) is 27.3 Å². The molecule has 1 aromatic carbocycles. The average molecular weight is 314 g/mol. The highest BCUT2D eigenvalue weighted by Crippen LogP contribution is 2.55. The zero-order valence-corrected chi connectivity index (χ0v) is 13.3. The van der Waals surface area contributed by atoms with Gasteiger partial charge < -0.3 is 10.1 Å². The van der Waals surface area contributed by atoms with Crippen molar-refractivity contribution in [3.8, 4) is 5.75 Å². The lowest BCUT2D eigenvalue weighted by molar-refractivity contribution is -0.0754. The van der Waals surface area contributed by atoms with Crippen LogP contribution < -0.4 is 10.1 Å².